The predicted octanol–water partition coefficient (Wildman–Crippen LogP) is 1.70. The maximum Gasteiger partial charge on any atom is 0.325 e. The number of carbonyl (C=O) groups excluding carboxylic acids is 1. The zero-order chi connectivity index (χ0) is 13.5. The molecular weight excluding hydrogens is 258 g/mol. The molecule has 0 radical (unpaired) electrons. The molecular formula is C12H14ClNO4. The number of aliphatic carboxylic acids is 1. The molecule has 0 aromatic heterocycles. The maximum atomic E-state index is 11.3. The van der Waals surface area contributed by atoms with Gasteiger partial charge >= 0.3 is 5.97 Å². The highest BCUT2D eigenvalue weighted by Crippen LogP contribution is 2.17. The van der Waals surface area contributed by atoms with Gasteiger partial charge in [0, 0.05) is 5.02 Å². The highest BCUT2D eigenvalue weighted by molar-refractivity contribution is 6.30. The highest BCUT2D eigenvalue weighted by atomic mass is 35.5. The lowest BCUT2D eigenvalue weighted by atomic mass is 10.3. The van der Waals surface area contributed by atoms with E-state index in [1.54, 1.807) is 24.3 Å². The Kier molecular flexibility index (Phi) is 5.45. The standard InChI is InChI=1S/C12H14ClNO4/c1-8(12(16)17)14-11(15)5-6-18-10-4-2-3-9(13)7-10/h2-4,7-8H,5-6H2,1H3,(H,14,15)(H,16,17)/t8-/m1/s1. The summed E-state index contributed by atoms with van der Waals surface area (Å²) in [5.41, 5.74) is 0. The lowest BCUT2D eigenvalue weighted by molar-refractivity contribution is -0.141. The van der Waals surface area contributed by atoms with Crippen LogP contribution in [0, 0.1) is 0 Å². The summed E-state index contributed by atoms with van der Waals surface area (Å²) in [6, 6.07) is 5.92. The first kappa shape index (κ1) is 14.3. The Morgan fingerprint density at radius 3 is 2.83 bits per heavy atom. The summed E-state index contributed by atoms with van der Waals surface area (Å²) in [4.78, 5) is 21.8. The second-order valence-corrected chi connectivity index (χ2v) is 4.12. The molecule has 2 N–H and O–H groups in total. The van der Waals surface area contributed by atoms with E-state index in [4.69, 9.17) is 21.4 Å². The molecule has 6 heteroatoms. The van der Waals surface area contributed by atoms with Crippen LogP contribution >= 0.6 is 11.6 Å². The molecule has 0 fully saturated rings. The summed E-state index contributed by atoms with van der Waals surface area (Å²) in [6.07, 6.45) is 0.0874. The highest BCUT2D eigenvalue weighted by Gasteiger charge is 2.13. The van der Waals surface area contributed by atoms with Crippen LogP contribution in [0.4, 0.5) is 0 Å². The number of carbonyl (C=O) groups is 2. The Balaban J connectivity index is 2.29. The minimum atomic E-state index is -1.07. The largest absolute Gasteiger partial charge is 0.493 e. The molecule has 0 saturated heterocycles. The van der Waals surface area contributed by atoms with E-state index in [2.05, 4.69) is 5.32 Å². The molecule has 1 atom stereocenters. The van der Waals surface area contributed by atoms with E-state index >= 15 is 0 Å². The fourth-order valence-electron chi connectivity index (χ4n) is 1.19. The lowest BCUT2D eigenvalue weighted by Crippen LogP contribution is -2.38. The molecule has 98 valence electrons. The molecule has 0 aliphatic heterocycles. The van der Waals surface area contributed by atoms with Crippen molar-refractivity contribution in [1.29, 1.82) is 0 Å². The summed E-state index contributed by atoms with van der Waals surface area (Å²) in [6.45, 7) is 1.57. The van der Waals surface area contributed by atoms with Gasteiger partial charge in [0.2, 0.25) is 5.91 Å². The summed E-state index contributed by atoms with van der Waals surface area (Å²) in [5.74, 6) is -0.868. The number of amides is 1. The van der Waals surface area contributed by atoms with Gasteiger partial charge in [0.15, 0.2) is 0 Å². The van der Waals surface area contributed by atoms with Crippen LogP contribution in [0.1, 0.15) is 13.3 Å². The number of benzene rings is 1. The van der Waals surface area contributed by atoms with E-state index in [-0.39, 0.29) is 18.9 Å². The van der Waals surface area contributed by atoms with Crippen LogP contribution in [0.5, 0.6) is 5.75 Å². The van der Waals surface area contributed by atoms with Crippen molar-refractivity contribution in [2.45, 2.75) is 19.4 Å². The minimum absolute atomic E-state index is 0.0874. The number of halogens is 1. The molecule has 5 nitrogen and oxygen atoms in total. The maximum absolute atomic E-state index is 11.3. The smallest absolute Gasteiger partial charge is 0.325 e. The average molecular weight is 272 g/mol. The van der Waals surface area contributed by atoms with E-state index in [9.17, 15) is 9.59 Å². The van der Waals surface area contributed by atoms with Crippen LogP contribution in [0.15, 0.2) is 24.3 Å². The molecule has 1 rings (SSSR count). The first-order chi connectivity index (χ1) is 8.49. The van der Waals surface area contributed by atoms with Crippen LogP contribution in [0.3, 0.4) is 0 Å². The second kappa shape index (κ2) is 6.86. The summed E-state index contributed by atoms with van der Waals surface area (Å²) in [5, 5.41) is 11.5. The fraction of sp³-hybridized carbons (Fsp3) is 0.333. The van der Waals surface area contributed by atoms with Crippen molar-refractivity contribution in [2.24, 2.45) is 0 Å². The number of hydrogen-bond acceptors (Lipinski definition) is 3. The van der Waals surface area contributed by atoms with Gasteiger partial charge in [-0.25, -0.2) is 0 Å². The van der Waals surface area contributed by atoms with Crippen LogP contribution in [-0.4, -0.2) is 29.6 Å². The van der Waals surface area contributed by atoms with Crippen molar-refractivity contribution in [2.75, 3.05) is 6.61 Å². The Labute approximate surface area is 110 Å². The van der Waals surface area contributed by atoms with Gasteiger partial charge in [-0.2, -0.15) is 0 Å². The molecule has 18 heavy (non-hydrogen) atoms. The van der Waals surface area contributed by atoms with Crippen LogP contribution in [-0.2, 0) is 9.59 Å². The van der Waals surface area contributed by atoms with Crippen molar-refractivity contribution >= 4 is 23.5 Å². The molecule has 0 aliphatic carbocycles. The van der Waals surface area contributed by atoms with Crippen LogP contribution < -0.4 is 10.1 Å². The quantitative estimate of drug-likeness (QED) is 0.826. The number of rotatable bonds is 6. The van der Waals surface area contributed by atoms with Gasteiger partial charge < -0.3 is 15.2 Å². The third kappa shape index (κ3) is 5.05. The summed E-state index contributed by atoms with van der Waals surface area (Å²) >= 11 is 5.77. The SMILES string of the molecule is C[C@@H](NC(=O)CCOc1cccc(Cl)c1)C(=O)O. The predicted molar refractivity (Wildman–Crippen MR) is 66.8 cm³/mol. The van der Waals surface area contributed by atoms with Crippen molar-refractivity contribution in [3.8, 4) is 5.75 Å². The third-order valence-electron chi connectivity index (χ3n) is 2.14. The zero-order valence-electron chi connectivity index (χ0n) is 9.85. The Bertz CT molecular complexity index is 436. The Hall–Kier alpha value is -1.75. The van der Waals surface area contributed by atoms with E-state index in [1.165, 1.54) is 6.92 Å². The normalized spacial score (nSPS) is 11.7. The van der Waals surface area contributed by atoms with Crippen LogP contribution in [0.2, 0.25) is 5.02 Å². The Morgan fingerprint density at radius 1 is 1.50 bits per heavy atom. The molecule has 1 aromatic rings. The first-order valence-electron chi connectivity index (χ1n) is 5.39. The van der Waals surface area contributed by atoms with Crippen molar-refractivity contribution in [3.63, 3.8) is 0 Å². The van der Waals surface area contributed by atoms with E-state index in [0.29, 0.717) is 10.8 Å². The van der Waals surface area contributed by atoms with E-state index in [0.717, 1.165) is 0 Å². The number of carboxylic acid groups (broad SMARTS) is 1. The van der Waals surface area contributed by atoms with Gasteiger partial charge in [-0.3, -0.25) is 9.59 Å². The monoisotopic (exact) mass is 271 g/mol. The Morgan fingerprint density at radius 2 is 2.22 bits per heavy atom. The van der Waals surface area contributed by atoms with E-state index < -0.39 is 12.0 Å². The number of hydrogen-bond donors (Lipinski definition) is 2. The van der Waals surface area contributed by atoms with Gasteiger partial charge in [0.05, 0.1) is 13.0 Å². The molecule has 0 aliphatic rings. The van der Waals surface area contributed by atoms with Crippen molar-refractivity contribution < 1.29 is 19.4 Å². The minimum Gasteiger partial charge on any atom is -0.493 e. The molecule has 1 amide bonds. The summed E-state index contributed by atoms with van der Waals surface area (Å²) in [7, 11) is 0. The van der Waals surface area contributed by atoms with Gasteiger partial charge in [-0.1, -0.05) is 17.7 Å². The number of nitrogens with one attached hydrogen (secondary N) is 1. The third-order valence-corrected chi connectivity index (χ3v) is 2.38. The first-order valence-corrected chi connectivity index (χ1v) is 5.77. The van der Waals surface area contributed by atoms with Crippen LogP contribution in [0.25, 0.3) is 0 Å². The second-order valence-electron chi connectivity index (χ2n) is 3.68. The molecule has 0 unspecified atom stereocenters. The van der Waals surface area contributed by atoms with E-state index in [1.807, 2.05) is 0 Å². The number of ether oxygens (including phenoxy) is 1. The lowest BCUT2D eigenvalue weighted by Gasteiger charge is -2.10. The average Bonchev–Trinajstić information content (AvgIpc) is 2.28. The van der Waals surface area contributed by atoms with Crippen molar-refractivity contribution in [3.05, 3.63) is 29.3 Å². The topological polar surface area (TPSA) is 75.6 Å². The van der Waals surface area contributed by atoms with Gasteiger partial charge in [-0.15, -0.1) is 0 Å². The van der Waals surface area contributed by atoms with Gasteiger partial charge in [-0.05, 0) is 25.1 Å². The van der Waals surface area contributed by atoms with Gasteiger partial charge in [0.1, 0.15) is 11.8 Å². The molecule has 0 spiro atoms. The van der Waals surface area contributed by atoms with Crippen molar-refractivity contribution in [1.82, 2.24) is 5.32 Å². The summed E-state index contributed by atoms with van der Waals surface area (Å²) < 4.78 is 5.31. The number of carboxylic acids is 1. The molecule has 0 bridgehead atoms. The fourth-order valence-corrected chi connectivity index (χ4v) is 1.37. The molecule has 0 saturated carbocycles. The van der Waals surface area contributed by atoms with Gasteiger partial charge in [0.25, 0.3) is 0 Å². The molecule has 1 aromatic carbocycles. The zero-order valence-corrected chi connectivity index (χ0v) is 10.6. The molecule has 0 heterocycles.